The minimum Gasteiger partial charge on any atom is -0.373 e. The first-order valence-electron chi connectivity index (χ1n) is 9.12. The molecule has 0 radical (unpaired) electrons. The van der Waals surface area contributed by atoms with Crippen LogP contribution in [0.1, 0.15) is 28.9 Å². The van der Waals surface area contributed by atoms with Gasteiger partial charge in [0.1, 0.15) is 5.69 Å². The van der Waals surface area contributed by atoms with E-state index in [0.29, 0.717) is 36.3 Å². The van der Waals surface area contributed by atoms with Gasteiger partial charge in [0.25, 0.3) is 5.91 Å². The van der Waals surface area contributed by atoms with Gasteiger partial charge in [-0.2, -0.15) is 0 Å². The molecule has 1 amide bonds. The van der Waals surface area contributed by atoms with Crippen molar-refractivity contribution >= 4 is 16.8 Å². The van der Waals surface area contributed by atoms with Crippen molar-refractivity contribution in [3.63, 3.8) is 0 Å². The van der Waals surface area contributed by atoms with Gasteiger partial charge >= 0.3 is 0 Å². The number of aromatic amines is 1. The first-order chi connectivity index (χ1) is 13.2. The van der Waals surface area contributed by atoms with Crippen molar-refractivity contribution < 1.29 is 9.53 Å². The fourth-order valence-corrected chi connectivity index (χ4v) is 3.41. The average molecular weight is 363 g/mol. The Bertz CT molecular complexity index is 992. The fourth-order valence-electron chi connectivity index (χ4n) is 3.41. The molecule has 27 heavy (non-hydrogen) atoms. The third-order valence-electron chi connectivity index (χ3n) is 4.91. The number of nitrogens with one attached hydrogen (secondary N) is 1. The van der Waals surface area contributed by atoms with Crippen LogP contribution in [-0.2, 0) is 11.3 Å². The fraction of sp³-hybridized carbons (Fsp3) is 0.286. The summed E-state index contributed by atoms with van der Waals surface area (Å²) in [4.78, 5) is 34.0. The Balaban J connectivity index is 1.38. The summed E-state index contributed by atoms with van der Waals surface area (Å²) in [7, 11) is 0. The molecule has 6 nitrogen and oxygen atoms in total. The van der Waals surface area contributed by atoms with E-state index in [4.69, 9.17) is 4.74 Å². The number of H-pyrrole nitrogens is 1. The van der Waals surface area contributed by atoms with Crippen molar-refractivity contribution in [2.75, 3.05) is 13.1 Å². The normalized spacial score (nSPS) is 15.2. The van der Waals surface area contributed by atoms with Crippen molar-refractivity contribution in [1.82, 2.24) is 14.9 Å². The van der Waals surface area contributed by atoms with Crippen LogP contribution in [0.5, 0.6) is 0 Å². The first-order valence-corrected chi connectivity index (χ1v) is 9.12. The highest BCUT2D eigenvalue weighted by molar-refractivity contribution is 5.94. The zero-order valence-corrected chi connectivity index (χ0v) is 14.9. The zero-order chi connectivity index (χ0) is 18.6. The van der Waals surface area contributed by atoms with Crippen LogP contribution in [0.2, 0.25) is 0 Å². The van der Waals surface area contributed by atoms with E-state index in [1.54, 1.807) is 23.4 Å². The van der Waals surface area contributed by atoms with E-state index in [2.05, 4.69) is 9.97 Å². The molecular weight excluding hydrogens is 342 g/mol. The number of pyridine rings is 2. The van der Waals surface area contributed by atoms with Gasteiger partial charge in [-0.1, -0.05) is 18.2 Å². The highest BCUT2D eigenvalue weighted by Gasteiger charge is 2.25. The van der Waals surface area contributed by atoms with E-state index in [1.165, 1.54) is 6.07 Å². The Morgan fingerprint density at radius 2 is 2.00 bits per heavy atom. The van der Waals surface area contributed by atoms with Crippen LogP contribution in [0.4, 0.5) is 0 Å². The largest absolute Gasteiger partial charge is 0.373 e. The van der Waals surface area contributed by atoms with Crippen LogP contribution >= 0.6 is 0 Å². The smallest absolute Gasteiger partial charge is 0.270 e. The predicted molar refractivity (Wildman–Crippen MR) is 103 cm³/mol. The van der Waals surface area contributed by atoms with E-state index in [9.17, 15) is 9.59 Å². The lowest BCUT2D eigenvalue weighted by Crippen LogP contribution is -2.41. The molecule has 1 N–H and O–H groups in total. The third kappa shape index (κ3) is 3.90. The molecule has 1 aliphatic heterocycles. The Hall–Kier alpha value is -2.99. The van der Waals surface area contributed by atoms with E-state index in [-0.39, 0.29) is 17.4 Å². The van der Waals surface area contributed by atoms with E-state index < -0.39 is 0 Å². The van der Waals surface area contributed by atoms with Gasteiger partial charge in [-0.15, -0.1) is 0 Å². The van der Waals surface area contributed by atoms with Crippen LogP contribution in [0.15, 0.2) is 59.7 Å². The zero-order valence-electron chi connectivity index (χ0n) is 14.9. The monoisotopic (exact) mass is 363 g/mol. The quantitative estimate of drug-likeness (QED) is 0.773. The second-order valence-electron chi connectivity index (χ2n) is 6.76. The van der Waals surface area contributed by atoms with Gasteiger partial charge in [-0.3, -0.25) is 14.6 Å². The van der Waals surface area contributed by atoms with Crippen molar-refractivity contribution in [2.45, 2.75) is 25.6 Å². The van der Waals surface area contributed by atoms with Crippen molar-refractivity contribution in [3.8, 4) is 0 Å². The highest BCUT2D eigenvalue weighted by Crippen LogP contribution is 2.18. The highest BCUT2D eigenvalue weighted by atomic mass is 16.5. The number of carbonyl (C=O) groups is 1. The molecule has 0 aliphatic carbocycles. The molecule has 4 rings (SSSR count). The maximum absolute atomic E-state index is 12.8. The SMILES string of the molecule is O=C(c1cc(=O)c2ccccc2[nH]1)N1CCC(OCc2cccnc2)CC1. The summed E-state index contributed by atoms with van der Waals surface area (Å²) in [6.07, 6.45) is 5.23. The van der Waals surface area contributed by atoms with E-state index >= 15 is 0 Å². The summed E-state index contributed by atoms with van der Waals surface area (Å²) < 4.78 is 5.94. The summed E-state index contributed by atoms with van der Waals surface area (Å²) in [6, 6.07) is 12.5. The van der Waals surface area contributed by atoms with Gasteiger partial charge in [0.15, 0.2) is 5.43 Å². The third-order valence-corrected chi connectivity index (χ3v) is 4.91. The van der Waals surface area contributed by atoms with E-state index in [1.807, 2.05) is 30.3 Å². The van der Waals surface area contributed by atoms with Crippen LogP contribution in [0.3, 0.4) is 0 Å². The number of nitrogens with zero attached hydrogens (tertiary/aromatic N) is 2. The van der Waals surface area contributed by atoms with Crippen LogP contribution in [0, 0.1) is 0 Å². The first kappa shape index (κ1) is 17.4. The Morgan fingerprint density at radius 3 is 2.78 bits per heavy atom. The summed E-state index contributed by atoms with van der Waals surface area (Å²) in [5, 5.41) is 0.594. The molecule has 0 atom stereocenters. The Kier molecular flexibility index (Phi) is 4.98. The summed E-state index contributed by atoms with van der Waals surface area (Å²) >= 11 is 0. The number of para-hydroxylation sites is 1. The molecule has 2 aromatic heterocycles. The molecule has 1 aromatic carbocycles. The molecule has 1 saturated heterocycles. The number of fused-ring (bicyclic) bond motifs is 1. The number of hydrogen-bond acceptors (Lipinski definition) is 4. The number of likely N-dealkylation sites (tertiary alicyclic amines) is 1. The van der Waals surface area contributed by atoms with Gasteiger partial charge in [-0.05, 0) is 36.6 Å². The number of rotatable bonds is 4. The number of ether oxygens (including phenoxy) is 1. The number of carbonyl (C=O) groups excluding carboxylic acids is 1. The van der Waals surface area contributed by atoms with Gasteiger partial charge in [-0.25, -0.2) is 0 Å². The van der Waals surface area contributed by atoms with Gasteiger partial charge in [0.2, 0.25) is 0 Å². The molecule has 0 bridgehead atoms. The second-order valence-corrected chi connectivity index (χ2v) is 6.76. The lowest BCUT2D eigenvalue weighted by Gasteiger charge is -2.32. The van der Waals surface area contributed by atoms with Crippen LogP contribution < -0.4 is 5.43 Å². The number of amides is 1. The number of benzene rings is 1. The van der Waals surface area contributed by atoms with Crippen LogP contribution in [-0.4, -0.2) is 40.0 Å². The summed E-state index contributed by atoms with van der Waals surface area (Å²) in [5.41, 5.74) is 1.93. The summed E-state index contributed by atoms with van der Waals surface area (Å²) in [6.45, 7) is 1.77. The maximum atomic E-state index is 12.8. The topological polar surface area (TPSA) is 75.3 Å². The van der Waals surface area contributed by atoms with Crippen molar-refractivity contribution in [3.05, 3.63) is 76.3 Å². The molecule has 1 aliphatic rings. The molecule has 3 heterocycles. The molecule has 0 saturated carbocycles. The molecular formula is C21H21N3O3. The minimum absolute atomic E-state index is 0.130. The predicted octanol–water partition coefficient (Wildman–Crippen LogP) is 2.74. The maximum Gasteiger partial charge on any atom is 0.270 e. The Labute approximate surface area is 156 Å². The van der Waals surface area contributed by atoms with Crippen LogP contribution in [0.25, 0.3) is 10.9 Å². The summed E-state index contributed by atoms with van der Waals surface area (Å²) in [5.74, 6) is -0.136. The standard InChI is InChI=1S/C21H21N3O3/c25-20-12-19(23-18-6-2-1-5-17(18)20)21(26)24-10-7-16(8-11-24)27-14-15-4-3-9-22-13-15/h1-6,9,12-13,16H,7-8,10-11,14H2,(H,23,25). The number of piperidine rings is 1. The lowest BCUT2D eigenvalue weighted by atomic mass is 10.1. The lowest BCUT2D eigenvalue weighted by molar-refractivity contribution is -0.000591. The molecule has 1 fully saturated rings. The molecule has 138 valence electrons. The Morgan fingerprint density at radius 1 is 1.19 bits per heavy atom. The molecule has 0 spiro atoms. The number of aromatic nitrogens is 2. The van der Waals surface area contributed by atoms with E-state index in [0.717, 1.165) is 18.4 Å². The van der Waals surface area contributed by atoms with Gasteiger partial charge < -0.3 is 14.6 Å². The van der Waals surface area contributed by atoms with Crippen molar-refractivity contribution in [2.24, 2.45) is 0 Å². The van der Waals surface area contributed by atoms with Gasteiger partial charge in [0, 0.05) is 42.5 Å². The molecule has 3 aromatic rings. The van der Waals surface area contributed by atoms with Gasteiger partial charge in [0.05, 0.1) is 12.7 Å². The second kappa shape index (κ2) is 7.72. The molecule has 0 unspecified atom stereocenters. The number of hydrogen-bond donors (Lipinski definition) is 1. The average Bonchev–Trinajstić information content (AvgIpc) is 2.73. The van der Waals surface area contributed by atoms with Crippen molar-refractivity contribution in [1.29, 1.82) is 0 Å². The molecule has 6 heteroatoms. The minimum atomic E-state index is -0.137.